The van der Waals surface area contributed by atoms with Gasteiger partial charge in [-0.15, -0.1) is 0 Å². The van der Waals surface area contributed by atoms with E-state index >= 15 is 0 Å². The lowest BCUT2D eigenvalue weighted by Gasteiger charge is -2.14. The molecule has 1 saturated heterocycles. The summed E-state index contributed by atoms with van der Waals surface area (Å²) in [4.78, 5) is 19.9. The van der Waals surface area contributed by atoms with E-state index in [9.17, 15) is 9.90 Å². The molecule has 0 aromatic heterocycles. The Hall–Kier alpha value is -2.44. The van der Waals surface area contributed by atoms with Gasteiger partial charge in [0.1, 0.15) is 0 Å². The molecule has 1 aliphatic rings. The number of thioether (sulfide) groups is 1. The van der Waals surface area contributed by atoms with Crippen LogP contribution in [0.3, 0.4) is 0 Å². The molecule has 0 bridgehead atoms. The molecule has 2 aromatic carbocycles. The predicted octanol–water partition coefficient (Wildman–Crippen LogP) is 5.77. The first-order chi connectivity index (χ1) is 13.9. The van der Waals surface area contributed by atoms with E-state index in [4.69, 9.17) is 16.3 Å². The van der Waals surface area contributed by atoms with Crippen LogP contribution in [0.1, 0.15) is 31.4 Å². The minimum absolute atomic E-state index is 0.0927. The van der Waals surface area contributed by atoms with Gasteiger partial charge in [-0.3, -0.25) is 9.69 Å². The maximum Gasteiger partial charge on any atom is 0.266 e. The number of aryl methyl sites for hydroxylation is 1. The molecule has 1 fully saturated rings. The summed E-state index contributed by atoms with van der Waals surface area (Å²) in [6.45, 7) is 6.86. The Labute approximate surface area is 180 Å². The summed E-state index contributed by atoms with van der Waals surface area (Å²) in [6.07, 6.45) is 2.58. The smallest absolute Gasteiger partial charge is 0.266 e. The van der Waals surface area contributed by atoms with Crippen LogP contribution in [-0.4, -0.2) is 34.2 Å². The van der Waals surface area contributed by atoms with E-state index in [0.29, 0.717) is 34.5 Å². The second kappa shape index (κ2) is 9.37. The van der Waals surface area contributed by atoms with Crippen LogP contribution in [0.2, 0.25) is 5.02 Å². The zero-order valence-electron chi connectivity index (χ0n) is 16.6. The zero-order valence-corrected chi connectivity index (χ0v) is 18.2. The van der Waals surface area contributed by atoms with E-state index in [-0.39, 0.29) is 16.7 Å². The van der Waals surface area contributed by atoms with Crippen molar-refractivity contribution in [2.24, 2.45) is 4.99 Å². The highest BCUT2D eigenvalue weighted by atomic mass is 35.5. The summed E-state index contributed by atoms with van der Waals surface area (Å²) >= 11 is 7.45. The van der Waals surface area contributed by atoms with Crippen molar-refractivity contribution in [2.75, 3.05) is 13.2 Å². The number of aromatic hydroxyl groups is 1. The molecule has 1 N–H and O–H groups in total. The molecule has 1 heterocycles. The Morgan fingerprint density at radius 1 is 1.24 bits per heavy atom. The molecule has 2 aromatic rings. The van der Waals surface area contributed by atoms with Gasteiger partial charge in [-0.1, -0.05) is 36.2 Å². The molecule has 5 nitrogen and oxygen atoms in total. The van der Waals surface area contributed by atoms with Crippen molar-refractivity contribution in [1.29, 1.82) is 0 Å². The molecule has 0 unspecified atom stereocenters. The number of carbonyl (C=O) groups is 1. The second-order valence-corrected chi connectivity index (χ2v) is 8.00. The summed E-state index contributed by atoms with van der Waals surface area (Å²) in [5.74, 6) is 0.0985. The Morgan fingerprint density at radius 2 is 1.97 bits per heavy atom. The third-order valence-electron chi connectivity index (χ3n) is 4.24. The highest BCUT2D eigenvalue weighted by Crippen LogP contribution is 2.38. The first-order valence-corrected chi connectivity index (χ1v) is 10.6. The van der Waals surface area contributed by atoms with Crippen LogP contribution < -0.4 is 4.74 Å². The van der Waals surface area contributed by atoms with Crippen molar-refractivity contribution in [2.45, 2.75) is 27.2 Å². The largest absolute Gasteiger partial charge is 0.503 e. The number of amides is 1. The van der Waals surface area contributed by atoms with Gasteiger partial charge in [-0.05, 0) is 67.9 Å². The van der Waals surface area contributed by atoms with Gasteiger partial charge in [0, 0.05) is 6.54 Å². The average Bonchev–Trinajstić information content (AvgIpc) is 2.97. The van der Waals surface area contributed by atoms with E-state index in [1.165, 1.54) is 11.8 Å². The topological polar surface area (TPSA) is 62.1 Å². The van der Waals surface area contributed by atoms with Gasteiger partial charge in [0.25, 0.3) is 5.91 Å². The number of hydrogen-bond acceptors (Lipinski definition) is 5. The molecular weight excluding hydrogens is 408 g/mol. The van der Waals surface area contributed by atoms with Crippen molar-refractivity contribution in [3.8, 4) is 11.5 Å². The minimum atomic E-state index is -0.102. The molecule has 29 heavy (non-hydrogen) atoms. The second-order valence-electron chi connectivity index (χ2n) is 6.58. The molecule has 0 radical (unpaired) electrons. The van der Waals surface area contributed by atoms with E-state index in [1.807, 2.05) is 45.0 Å². The normalized spacial score (nSPS) is 16.8. The summed E-state index contributed by atoms with van der Waals surface area (Å²) in [6, 6.07) is 11.1. The number of benzene rings is 2. The van der Waals surface area contributed by atoms with Gasteiger partial charge in [0.05, 0.1) is 22.2 Å². The van der Waals surface area contributed by atoms with Crippen molar-refractivity contribution in [1.82, 2.24) is 4.90 Å². The number of halogens is 1. The first-order valence-electron chi connectivity index (χ1n) is 9.45. The van der Waals surface area contributed by atoms with E-state index in [0.717, 1.165) is 17.7 Å². The fourth-order valence-electron chi connectivity index (χ4n) is 2.84. The molecule has 0 saturated carbocycles. The summed E-state index contributed by atoms with van der Waals surface area (Å²) in [5.41, 5.74) is 2.64. The number of hydrogen-bond donors (Lipinski definition) is 1. The summed E-state index contributed by atoms with van der Waals surface area (Å²) in [5, 5.41) is 10.9. The number of nitrogens with zero attached hydrogens (tertiary/aromatic N) is 2. The van der Waals surface area contributed by atoms with Gasteiger partial charge in [0.2, 0.25) is 0 Å². The van der Waals surface area contributed by atoms with Gasteiger partial charge in [0.15, 0.2) is 16.7 Å². The van der Waals surface area contributed by atoms with Crippen LogP contribution in [0.15, 0.2) is 46.3 Å². The molecule has 1 amide bonds. The van der Waals surface area contributed by atoms with Crippen LogP contribution >= 0.6 is 23.4 Å². The Kier molecular flexibility index (Phi) is 6.87. The van der Waals surface area contributed by atoms with E-state index in [1.54, 1.807) is 23.1 Å². The fourth-order valence-corrected chi connectivity index (χ4v) is 4.08. The third kappa shape index (κ3) is 4.95. The predicted molar refractivity (Wildman–Crippen MR) is 120 cm³/mol. The number of amidine groups is 1. The molecular formula is C22H23ClN2O3S. The molecule has 7 heteroatoms. The monoisotopic (exact) mass is 430 g/mol. The van der Waals surface area contributed by atoms with Crippen molar-refractivity contribution in [3.05, 3.63) is 57.5 Å². The zero-order chi connectivity index (χ0) is 21.0. The fraction of sp³-hybridized carbons (Fsp3) is 0.273. The van der Waals surface area contributed by atoms with Gasteiger partial charge in [-0.25, -0.2) is 4.99 Å². The Bertz CT molecular complexity index is 971. The maximum absolute atomic E-state index is 13.0. The average molecular weight is 431 g/mol. The molecule has 1 aliphatic heterocycles. The number of carbonyl (C=O) groups excluding carboxylic acids is 1. The lowest BCUT2D eigenvalue weighted by Crippen LogP contribution is -2.29. The highest BCUT2D eigenvalue weighted by molar-refractivity contribution is 8.18. The van der Waals surface area contributed by atoms with E-state index < -0.39 is 0 Å². The highest BCUT2D eigenvalue weighted by Gasteiger charge is 2.32. The molecule has 0 atom stereocenters. The number of phenolic OH excluding ortho intramolecular Hbond substituents is 1. The van der Waals surface area contributed by atoms with Crippen LogP contribution in [0.4, 0.5) is 5.69 Å². The SMILES string of the molecule is CCCN1C(=O)/C(=C\c2cc(Cl)c(O)c(OCC)c2)SC1=Nc1ccc(C)cc1. The Balaban J connectivity index is 1.96. The number of phenols is 1. The van der Waals surface area contributed by atoms with E-state index in [2.05, 4.69) is 4.99 Å². The lowest BCUT2D eigenvalue weighted by atomic mass is 10.2. The number of ether oxygens (including phenoxy) is 1. The number of aliphatic imine (C=N–C) groups is 1. The molecule has 3 rings (SSSR count). The van der Waals surface area contributed by atoms with Gasteiger partial charge in [-0.2, -0.15) is 0 Å². The standard InChI is InChI=1S/C22H23ClN2O3S/c1-4-10-25-21(27)19(29-22(25)24-16-8-6-14(3)7-9-16)13-15-11-17(23)20(26)18(12-15)28-5-2/h6-9,11-13,26H,4-5,10H2,1-3H3/b19-13+,24-22?. The first kappa shape index (κ1) is 21.3. The number of rotatable bonds is 6. The van der Waals surface area contributed by atoms with Crippen LogP contribution in [0, 0.1) is 6.92 Å². The van der Waals surface area contributed by atoms with Crippen molar-refractivity contribution >= 4 is 46.2 Å². The van der Waals surface area contributed by atoms with Crippen LogP contribution in [-0.2, 0) is 4.79 Å². The molecule has 0 spiro atoms. The van der Waals surface area contributed by atoms with Gasteiger partial charge < -0.3 is 9.84 Å². The molecule has 152 valence electrons. The van der Waals surface area contributed by atoms with Crippen LogP contribution in [0.5, 0.6) is 11.5 Å². The summed E-state index contributed by atoms with van der Waals surface area (Å²) in [7, 11) is 0. The quantitative estimate of drug-likeness (QED) is 0.591. The maximum atomic E-state index is 13.0. The van der Waals surface area contributed by atoms with Crippen LogP contribution in [0.25, 0.3) is 6.08 Å². The van der Waals surface area contributed by atoms with Crippen molar-refractivity contribution in [3.63, 3.8) is 0 Å². The minimum Gasteiger partial charge on any atom is -0.503 e. The molecule has 0 aliphatic carbocycles. The van der Waals surface area contributed by atoms with Gasteiger partial charge >= 0.3 is 0 Å². The summed E-state index contributed by atoms with van der Waals surface area (Å²) < 4.78 is 5.43. The third-order valence-corrected chi connectivity index (χ3v) is 5.54. The van der Waals surface area contributed by atoms with Crippen molar-refractivity contribution < 1.29 is 14.6 Å². The Morgan fingerprint density at radius 3 is 2.62 bits per heavy atom. The lowest BCUT2D eigenvalue weighted by molar-refractivity contribution is -0.122.